The van der Waals surface area contributed by atoms with Crippen molar-refractivity contribution in [1.29, 1.82) is 0 Å². The van der Waals surface area contributed by atoms with Gasteiger partial charge in [0.15, 0.2) is 0 Å². The van der Waals surface area contributed by atoms with Crippen LogP contribution in [0.4, 0.5) is 0 Å². The third-order valence-electron chi connectivity index (χ3n) is 2.99. The highest BCUT2D eigenvalue weighted by Crippen LogP contribution is 2.19. The van der Waals surface area contributed by atoms with E-state index in [-0.39, 0.29) is 6.61 Å². The monoisotopic (exact) mass is 263 g/mol. The van der Waals surface area contributed by atoms with E-state index in [1.54, 1.807) is 0 Å². The van der Waals surface area contributed by atoms with E-state index >= 15 is 0 Å². The molecular formula is C14H21N3O2. The number of aliphatic hydroxyl groups is 1. The molecule has 0 aliphatic rings. The maximum atomic E-state index is 8.68. The Hall–Kier alpha value is -1.43. The molecule has 104 valence electrons. The Kier molecular flexibility index (Phi) is 5.32. The third-order valence-corrected chi connectivity index (χ3v) is 2.99. The number of ether oxygens (including phenoxy) is 1. The van der Waals surface area contributed by atoms with E-state index in [1.807, 2.05) is 12.3 Å². The molecule has 0 radical (unpaired) electrons. The molecule has 0 saturated carbocycles. The van der Waals surface area contributed by atoms with E-state index in [0.29, 0.717) is 13.2 Å². The van der Waals surface area contributed by atoms with E-state index in [1.165, 1.54) is 10.9 Å². The second-order valence-electron chi connectivity index (χ2n) is 4.34. The summed E-state index contributed by atoms with van der Waals surface area (Å²) in [4.78, 5) is 4.44. The fourth-order valence-electron chi connectivity index (χ4n) is 2.10. The van der Waals surface area contributed by atoms with Gasteiger partial charge in [0.2, 0.25) is 0 Å². The molecule has 0 aromatic carbocycles. The van der Waals surface area contributed by atoms with E-state index in [2.05, 4.69) is 34.1 Å². The molecule has 0 unspecified atom stereocenters. The van der Waals surface area contributed by atoms with Gasteiger partial charge in [-0.25, -0.2) is 4.98 Å². The van der Waals surface area contributed by atoms with Gasteiger partial charge < -0.3 is 19.7 Å². The SMILES string of the molecule is CCNCc1cn(CCOCCO)c2ncccc12. The zero-order valence-electron chi connectivity index (χ0n) is 11.3. The summed E-state index contributed by atoms with van der Waals surface area (Å²) >= 11 is 0. The third kappa shape index (κ3) is 3.53. The van der Waals surface area contributed by atoms with Crippen molar-refractivity contribution in [2.45, 2.75) is 20.0 Å². The van der Waals surface area contributed by atoms with Crippen LogP contribution >= 0.6 is 0 Å². The van der Waals surface area contributed by atoms with E-state index in [4.69, 9.17) is 9.84 Å². The maximum Gasteiger partial charge on any atom is 0.140 e. The molecule has 0 bridgehead atoms. The lowest BCUT2D eigenvalue weighted by atomic mass is 10.2. The first-order chi connectivity index (χ1) is 9.36. The first-order valence-corrected chi connectivity index (χ1v) is 6.69. The number of aliphatic hydroxyl groups excluding tert-OH is 1. The lowest BCUT2D eigenvalue weighted by molar-refractivity contribution is 0.0874. The van der Waals surface area contributed by atoms with Crippen LogP contribution in [0.5, 0.6) is 0 Å². The molecule has 2 N–H and O–H groups in total. The molecule has 2 heterocycles. The maximum absolute atomic E-state index is 8.68. The zero-order chi connectivity index (χ0) is 13.5. The van der Waals surface area contributed by atoms with Crippen LogP contribution in [0.15, 0.2) is 24.5 Å². The van der Waals surface area contributed by atoms with Gasteiger partial charge in [0.25, 0.3) is 0 Å². The van der Waals surface area contributed by atoms with Crippen LogP contribution in [-0.2, 0) is 17.8 Å². The molecular weight excluding hydrogens is 242 g/mol. The van der Waals surface area contributed by atoms with Gasteiger partial charge in [-0.3, -0.25) is 0 Å². The molecule has 0 atom stereocenters. The smallest absolute Gasteiger partial charge is 0.140 e. The topological polar surface area (TPSA) is 59.3 Å². The van der Waals surface area contributed by atoms with Crippen LogP contribution in [0.1, 0.15) is 12.5 Å². The zero-order valence-corrected chi connectivity index (χ0v) is 11.3. The fourth-order valence-corrected chi connectivity index (χ4v) is 2.10. The highest BCUT2D eigenvalue weighted by molar-refractivity contribution is 5.80. The summed E-state index contributed by atoms with van der Waals surface area (Å²) in [6.07, 6.45) is 3.94. The van der Waals surface area contributed by atoms with Crippen molar-refractivity contribution in [2.24, 2.45) is 0 Å². The van der Waals surface area contributed by atoms with Gasteiger partial charge in [-0.2, -0.15) is 0 Å². The van der Waals surface area contributed by atoms with Crippen LogP contribution in [0, 0.1) is 0 Å². The van der Waals surface area contributed by atoms with Crippen molar-refractivity contribution in [3.8, 4) is 0 Å². The number of nitrogens with zero attached hydrogens (tertiary/aromatic N) is 2. The number of hydrogen-bond donors (Lipinski definition) is 2. The van der Waals surface area contributed by atoms with Gasteiger partial charge in [0.05, 0.1) is 19.8 Å². The number of nitrogens with one attached hydrogen (secondary N) is 1. The van der Waals surface area contributed by atoms with E-state index < -0.39 is 0 Å². The average molecular weight is 263 g/mol. The van der Waals surface area contributed by atoms with Gasteiger partial charge in [0.1, 0.15) is 5.65 Å². The van der Waals surface area contributed by atoms with Crippen molar-refractivity contribution >= 4 is 11.0 Å². The van der Waals surface area contributed by atoms with Crippen molar-refractivity contribution < 1.29 is 9.84 Å². The molecule has 2 aromatic rings. The number of rotatable bonds is 8. The van der Waals surface area contributed by atoms with Crippen molar-refractivity contribution in [2.75, 3.05) is 26.4 Å². The number of hydrogen-bond acceptors (Lipinski definition) is 4. The average Bonchev–Trinajstić information content (AvgIpc) is 2.80. The predicted octanol–water partition coefficient (Wildman–Crippen LogP) is 1.15. The van der Waals surface area contributed by atoms with Crippen LogP contribution in [0.3, 0.4) is 0 Å². The van der Waals surface area contributed by atoms with Gasteiger partial charge in [-0.1, -0.05) is 6.92 Å². The Balaban J connectivity index is 2.13. The minimum absolute atomic E-state index is 0.0658. The van der Waals surface area contributed by atoms with Crippen molar-refractivity contribution in [3.05, 3.63) is 30.1 Å². The Bertz CT molecular complexity index is 510. The van der Waals surface area contributed by atoms with Crippen LogP contribution in [0.2, 0.25) is 0 Å². The Morgan fingerprint density at radius 3 is 3.11 bits per heavy atom. The van der Waals surface area contributed by atoms with Crippen LogP contribution < -0.4 is 5.32 Å². The first kappa shape index (κ1) is 14.0. The molecule has 5 heteroatoms. The first-order valence-electron chi connectivity index (χ1n) is 6.69. The summed E-state index contributed by atoms with van der Waals surface area (Å²) in [5.74, 6) is 0. The van der Waals surface area contributed by atoms with E-state index in [9.17, 15) is 0 Å². The normalized spacial score (nSPS) is 11.3. The van der Waals surface area contributed by atoms with Gasteiger partial charge in [-0.15, -0.1) is 0 Å². The second-order valence-corrected chi connectivity index (χ2v) is 4.34. The largest absolute Gasteiger partial charge is 0.394 e. The lowest BCUT2D eigenvalue weighted by Gasteiger charge is -2.04. The summed E-state index contributed by atoms with van der Waals surface area (Å²) in [6.45, 7) is 5.68. The van der Waals surface area contributed by atoms with Crippen molar-refractivity contribution in [1.82, 2.24) is 14.9 Å². The molecule has 0 aliphatic heterocycles. The number of aromatic nitrogens is 2. The number of pyridine rings is 1. The molecule has 19 heavy (non-hydrogen) atoms. The van der Waals surface area contributed by atoms with Gasteiger partial charge >= 0.3 is 0 Å². The molecule has 0 aliphatic carbocycles. The van der Waals surface area contributed by atoms with Gasteiger partial charge in [0, 0.05) is 30.9 Å². The summed E-state index contributed by atoms with van der Waals surface area (Å²) in [5.41, 5.74) is 2.25. The Labute approximate surface area is 113 Å². The van der Waals surface area contributed by atoms with Crippen LogP contribution in [-0.4, -0.2) is 41.0 Å². The molecule has 2 aromatic heterocycles. The Morgan fingerprint density at radius 2 is 2.32 bits per heavy atom. The molecule has 0 saturated heterocycles. The molecule has 0 fully saturated rings. The fraction of sp³-hybridized carbons (Fsp3) is 0.500. The van der Waals surface area contributed by atoms with Crippen molar-refractivity contribution in [3.63, 3.8) is 0 Å². The van der Waals surface area contributed by atoms with Crippen LogP contribution in [0.25, 0.3) is 11.0 Å². The summed E-state index contributed by atoms with van der Waals surface area (Å²) in [6, 6.07) is 4.06. The molecule has 5 nitrogen and oxygen atoms in total. The summed E-state index contributed by atoms with van der Waals surface area (Å²) in [5, 5.41) is 13.2. The highest BCUT2D eigenvalue weighted by atomic mass is 16.5. The highest BCUT2D eigenvalue weighted by Gasteiger charge is 2.08. The molecule has 2 rings (SSSR count). The second kappa shape index (κ2) is 7.23. The number of fused-ring (bicyclic) bond motifs is 1. The minimum atomic E-state index is 0.0658. The molecule has 0 spiro atoms. The van der Waals surface area contributed by atoms with E-state index in [0.717, 1.165) is 25.3 Å². The predicted molar refractivity (Wildman–Crippen MR) is 75.0 cm³/mol. The Morgan fingerprint density at radius 1 is 1.42 bits per heavy atom. The van der Waals surface area contributed by atoms with Gasteiger partial charge in [-0.05, 0) is 24.2 Å². The molecule has 0 amide bonds. The standard InChI is InChI=1S/C14H21N3O2/c1-2-15-10-12-11-17(6-8-19-9-7-18)14-13(12)4-3-5-16-14/h3-5,11,15,18H,2,6-10H2,1H3. The summed E-state index contributed by atoms with van der Waals surface area (Å²) in [7, 11) is 0. The lowest BCUT2D eigenvalue weighted by Crippen LogP contribution is -2.11. The minimum Gasteiger partial charge on any atom is -0.394 e. The quantitative estimate of drug-likeness (QED) is 0.702. The summed E-state index contributed by atoms with van der Waals surface area (Å²) < 4.78 is 7.42.